The Bertz CT molecular complexity index is 874. The molecule has 1 aliphatic heterocycles. The number of nitrogens with zero attached hydrogens (tertiary/aromatic N) is 5. The lowest BCUT2D eigenvalue weighted by Gasteiger charge is -2.27. The van der Waals surface area contributed by atoms with E-state index in [2.05, 4.69) is 44.2 Å². The van der Waals surface area contributed by atoms with Crippen LogP contribution >= 0.6 is 0 Å². The van der Waals surface area contributed by atoms with Crippen LogP contribution in [-0.2, 0) is 0 Å². The van der Waals surface area contributed by atoms with E-state index in [-0.39, 0.29) is 0 Å². The highest BCUT2D eigenvalue weighted by molar-refractivity contribution is 5.81. The maximum absolute atomic E-state index is 4.58. The maximum atomic E-state index is 4.58. The summed E-state index contributed by atoms with van der Waals surface area (Å²) in [6.45, 7) is 2.17. The van der Waals surface area contributed by atoms with Crippen molar-refractivity contribution in [3.05, 3.63) is 42.4 Å². The van der Waals surface area contributed by atoms with Crippen molar-refractivity contribution in [2.75, 3.05) is 18.0 Å². The van der Waals surface area contributed by atoms with Gasteiger partial charge in [-0.2, -0.15) is 5.10 Å². The third-order valence-corrected chi connectivity index (χ3v) is 5.18. The number of hydrogen-bond donors (Lipinski definition) is 0. The zero-order chi connectivity index (χ0) is 15.9. The lowest BCUT2D eigenvalue weighted by Crippen LogP contribution is -2.30. The van der Waals surface area contributed by atoms with E-state index < -0.39 is 0 Å². The topological polar surface area (TPSA) is 46.8 Å². The summed E-state index contributed by atoms with van der Waals surface area (Å²) < 4.78 is 1.95. The summed E-state index contributed by atoms with van der Waals surface area (Å²) in [5.41, 5.74) is 2.57. The molecule has 3 heterocycles. The lowest BCUT2D eigenvalue weighted by molar-refractivity contribution is 0.572. The van der Waals surface area contributed by atoms with Gasteiger partial charge in [-0.1, -0.05) is 12.1 Å². The monoisotopic (exact) mass is 319 g/mol. The van der Waals surface area contributed by atoms with E-state index in [0.29, 0.717) is 0 Å². The minimum atomic E-state index is 0.743. The van der Waals surface area contributed by atoms with Gasteiger partial charge >= 0.3 is 0 Å². The lowest BCUT2D eigenvalue weighted by atomic mass is 10.1. The van der Waals surface area contributed by atoms with Gasteiger partial charge in [-0.3, -0.25) is 0 Å². The number of benzene rings is 1. The molecule has 0 spiro atoms. The molecule has 1 aliphatic carbocycles. The van der Waals surface area contributed by atoms with Gasteiger partial charge in [0, 0.05) is 24.5 Å². The minimum Gasteiger partial charge on any atom is -0.356 e. The standard InChI is InChI=1S/C19H21N5/c1-2-8-23(9-3-1)18-11-19(21-13-20-18)24-17-10-15(14-4-5-14)6-7-16(17)12-22-24/h6-7,10-14H,1-5,8-9H2. The summed E-state index contributed by atoms with van der Waals surface area (Å²) in [5.74, 6) is 2.61. The highest BCUT2D eigenvalue weighted by Gasteiger charge is 2.24. The van der Waals surface area contributed by atoms with Crippen LogP contribution in [0.15, 0.2) is 36.8 Å². The van der Waals surface area contributed by atoms with E-state index in [1.807, 2.05) is 10.9 Å². The molecule has 1 aromatic carbocycles. The summed E-state index contributed by atoms with van der Waals surface area (Å²) in [6, 6.07) is 8.77. The molecule has 2 aromatic heterocycles. The van der Waals surface area contributed by atoms with Crippen LogP contribution in [0.3, 0.4) is 0 Å². The fraction of sp³-hybridized carbons (Fsp3) is 0.421. The van der Waals surface area contributed by atoms with Gasteiger partial charge in [-0.15, -0.1) is 0 Å². The molecular formula is C19H21N5. The SMILES string of the molecule is c1nc(N2CCCCC2)cc(-n2ncc3ccc(C4CC4)cc32)n1. The zero-order valence-electron chi connectivity index (χ0n) is 13.7. The summed E-state index contributed by atoms with van der Waals surface area (Å²) in [6.07, 6.45) is 10.0. The molecule has 3 aromatic rings. The Morgan fingerprint density at radius 3 is 2.58 bits per heavy atom. The minimum absolute atomic E-state index is 0.743. The smallest absolute Gasteiger partial charge is 0.159 e. The first-order valence-electron chi connectivity index (χ1n) is 8.93. The fourth-order valence-electron chi connectivity index (χ4n) is 3.64. The average Bonchev–Trinajstić information content (AvgIpc) is 3.42. The van der Waals surface area contributed by atoms with Crippen molar-refractivity contribution in [2.45, 2.75) is 38.0 Å². The molecule has 2 fully saturated rings. The van der Waals surface area contributed by atoms with E-state index in [4.69, 9.17) is 0 Å². The van der Waals surface area contributed by atoms with Gasteiger partial charge in [0.05, 0.1) is 11.7 Å². The molecule has 0 unspecified atom stereocenters. The van der Waals surface area contributed by atoms with Gasteiger partial charge in [0.15, 0.2) is 5.82 Å². The summed E-state index contributed by atoms with van der Waals surface area (Å²) in [7, 11) is 0. The van der Waals surface area contributed by atoms with Crippen molar-refractivity contribution in [3.8, 4) is 5.82 Å². The average molecular weight is 319 g/mol. The Morgan fingerprint density at radius 2 is 1.75 bits per heavy atom. The Labute approximate surface area is 141 Å². The molecule has 0 atom stereocenters. The molecule has 1 saturated carbocycles. The van der Waals surface area contributed by atoms with E-state index in [1.165, 1.54) is 37.7 Å². The van der Waals surface area contributed by atoms with Crippen LogP contribution in [0.1, 0.15) is 43.6 Å². The molecule has 5 rings (SSSR count). The number of aromatic nitrogens is 4. The zero-order valence-corrected chi connectivity index (χ0v) is 13.7. The van der Waals surface area contributed by atoms with Crippen molar-refractivity contribution >= 4 is 16.7 Å². The van der Waals surface area contributed by atoms with Crippen molar-refractivity contribution in [3.63, 3.8) is 0 Å². The number of piperidine rings is 1. The summed E-state index contributed by atoms with van der Waals surface area (Å²) in [5, 5.41) is 5.74. The Balaban J connectivity index is 1.55. The van der Waals surface area contributed by atoms with E-state index in [0.717, 1.165) is 41.5 Å². The van der Waals surface area contributed by atoms with Crippen LogP contribution in [0, 0.1) is 0 Å². The Hall–Kier alpha value is -2.43. The fourth-order valence-corrected chi connectivity index (χ4v) is 3.64. The predicted octanol–water partition coefficient (Wildman–Crippen LogP) is 3.68. The van der Waals surface area contributed by atoms with Crippen molar-refractivity contribution in [1.82, 2.24) is 19.7 Å². The van der Waals surface area contributed by atoms with Gasteiger partial charge in [-0.05, 0) is 49.7 Å². The van der Waals surface area contributed by atoms with Crippen LogP contribution in [-0.4, -0.2) is 32.8 Å². The Kier molecular flexibility index (Phi) is 3.25. The first-order valence-corrected chi connectivity index (χ1v) is 8.93. The number of rotatable bonds is 3. The Morgan fingerprint density at radius 1 is 0.917 bits per heavy atom. The molecule has 122 valence electrons. The molecule has 0 N–H and O–H groups in total. The van der Waals surface area contributed by atoms with Crippen LogP contribution in [0.5, 0.6) is 0 Å². The van der Waals surface area contributed by atoms with Gasteiger partial charge in [0.25, 0.3) is 0 Å². The first kappa shape index (κ1) is 14.0. The maximum Gasteiger partial charge on any atom is 0.159 e. The van der Waals surface area contributed by atoms with Crippen LogP contribution in [0.4, 0.5) is 5.82 Å². The van der Waals surface area contributed by atoms with Crippen molar-refractivity contribution in [2.24, 2.45) is 0 Å². The van der Waals surface area contributed by atoms with Crippen LogP contribution < -0.4 is 4.90 Å². The highest BCUT2D eigenvalue weighted by atomic mass is 15.3. The molecular weight excluding hydrogens is 298 g/mol. The third kappa shape index (κ3) is 2.44. The molecule has 5 nitrogen and oxygen atoms in total. The number of anilines is 1. The third-order valence-electron chi connectivity index (χ3n) is 5.18. The van der Waals surface area contributed by atoms with E-state index in [1.54, 1.807) is 6.33 Å². The molecule has 0 radical (unpaired) electrons. The quantitative estimate of drug-likeness (QED) is 0.739. The summed E-state index contributed by atoms with van der Waals surface area (Å²) >= 11 is 0. The van der Waals surface area contributed by atoms with Gasteiger partial charge in [-0.25, -0.2) is 14.6 Å². The molecule has 0 amide bonds. The second-order valence-electron chi connectivity index (χ2n) is 6.93. The van der Waals surface area contributed by atoms with E-state index in [9.17, 15) is 0 Å². The largest absolute Gasteiger partial charge is 0.356 e. The van der Waals surface area contributed by atoms with Gasteiger partial charge in [0.2, 0.25) is 0 Å². The molecule has 1 saturated heterocycles. The highest BCUT2D eigenvalue weighted by Crippen LogP contribution is 2.41. The van der Waals surface area contributed by atoms with Crippen LogP contribution in [0.25, 0.3) is 16.7 Å². The molecule has 24 heavy (non-hydrogen) atoms. The predicted molar refractivity (Wildman–Crippen MR) is 94.7 cm³/mol. The van der Waals surface area contributed by atoms with Gasteiger partial charge < -0.3 is 4.90 Å². The number of fused-ring (bicyclic) bond motifs is 1. The first-order chi connectivity index (χ1) is 11.9. The number of hydrogen-bond acceptors (Lipinski definition) is 4. The summed E-state index contributed by atoms with van der Waals surface area (Å²) in [4.78, 5) is 11.3. The second kappa shape index (κ2) is 5.58. The van der Waals surface area contributed by atoms with Gasteiger partial charge in [0.1, 0.15) is 12.1 Å². The molecule has 0 bridgehead atoms. The normalized spacial score (nSPS) is 18.2. The molecule has 5 heteroatoms. The second-order valence-corrected chi connectivity index (χ2v) is 6.93. The van der Waals surface area contributed by atoms with Crippen LogP contribution in [0.2, 0.25) is 0 Å². The molecule has 2 aliphatic rings. The van der Waals surface area contributed by atoms with E-state index >= 15 is 0 Å². The van der Waals surface area contributed by atoms with Crippen molar-refractivity contribution in [1.29, 1.82) is 0 Å². The van der Waals surface area contributed by atoms with Crippen molar-refractivity contribution < 1.29 is 0 Å².